The molecule has 2 rings (SSSR count). The largest absolute Gasteiger partial charge is 0.468 e. The average molecular weight is 225 g/mol. The summed E-state index contributed by atoms with van der Waals surface area (Å²) < 4.78 is 4.70. The van der Waals surface area contributed by atoms with Crippen molar-refractivity contribution in [2.75, 3.05) is 20.2 Å². The van der Waals surface area contributed by atoms with Crippen LogP contribution in [0.2, 0.25) is 0 Å². The van der Waals surface area contributed by atoms with Crippen LogP contribution in [0.25, 0.3) is 0 Å². The molecule has 82 valence electrons. The van der Waals surface area contributed by atoms with Crippen molar-refractivity contribution in [2.45, 2.75) is 18.9 Å². The summed E-state index contributed by atoms with van der Waals surface area (Å²) in [4.78, 5) is 14.8. The van der Waals surface area contributed by atoms with Crippen molar-refractivity contribution in [3.8, 4) is 0 Å². The Morgan fingerprint density at radius 1 is 1.73 bits per heavy atom. The van der Waals surface area contributed by atoms with Crippen LogP contribution in [0.3, 0.4) is 0 Å². The summed E-state index contributed by atoms with van der Waals surface area (Å²) in [6.07, 6.45) is 2.32. The molecule has 0 aliphatic carbocycles. The number of ether oxygens (including phenoxy) is 1. The number of methoxy groups -OCH3 is 1. The van der Waals surface area contributed by atoms with E-state index in [1.807, 2.05) is 0 Å². The van der Waals surface area contributed by atoms with Crippen molar-refractivity contribution in [2.24, 2.45) is 0 Å². The van der Waals surface area contributed by atoms with Crippen LogP contribution < -0.4 is 0 Å². The van der Waals surface area contributed by atoms with Crippen molar-refractivity contribution in [3.63, 3.8) is 0 Å². The molecule has 3 nitrogen and oxygen atoms in total. The van der Waals surface area contributed by atoms with Gasteiger partial charge in [-0.1, -0.05) is 6.07 Å². The van der Waals surface area contributed by atoms with Gasteiger partial charge in [-0.15, -0.1) is 11.3 Å². The van der Waals surface area contributed by atoms with E-state index in [2.05, 4.69) is 22.4 Å². The second kappa shape index (κ2) is 4.77. The molecule has 1 atom stereocenters. The minimum absolute atomic E-state index is 0.140. The van der Waals surface area contributed by atoms with Gasteiger partial charge in [-0.3, -0.25) is 9.69 Å². The Hall–Kier alpha value is -0.870. The molecule has 0 N–H and O–H groups in total. The van der Waals surface area contributed by atoms with Crippen molar-refractivity contribution in [1.29, 1.82) is 0 Å². The average Bonchev–Trinajstić information content (AvgIpc) is 2.86. The van der Waals surface area contributed by atoms with Crippen LogP contribution in [-0.4, -0.2) is 31.1 Å². The van der Waals surface area contributed by atoms with E-state index in [4.69, 9.17) is 4.74 Å². The van der Waals surface area contributed by atoms with E-state index in [0.29, 0.717) is 12.6 Å². The molecule has 4 heteroatoms. The van der Waals surface area contributed by atoms with Gasteiger partial charge in [-0.25, -0.2) is 0 Å². The number of rotatable bonds is 3. The molecule has 1 aromatic heterocycles. The van der Waals surface area contributed by atoms with Crippen LogP contribution in [0.1, 0.15) is 23.8 Å². The standard InChI is InChI=1S/C11H15NO2S/c1-14-11(13)8-12-6-2-4-9(12)10-5-3-7-15-10/h3,5,7,9H,2,4,6,8H2,1H3/t9-/m1/s1. The monoisotopic (exact) mass is 225 g/mol. The summed E-state index contributed by atoms with van der Waals surface area (Å²) in [5.74, 6) is -0.140. The lowest BCUT2D eigenvalue weighted by molar-refractivity contribution is -0.142. The normalized spacial score (nSPS) is 21.8. The highest BCUT2D eigenvalue weighted by Gasteiger charge is 2.28. The van der Waals surface area contributed by atoms with Gasteiger partial charge < -0.3 is 4.74 Å². The number of hydrogen-bond donors (Lipinski definition) is 0. The van der Waals surface area contributed by atoms with Gasteiger partial charge in [0.15, 0.2) is 0 Å². The van der Waals surface area contributed by atoms with Crippen LogP contribution in [0.5, 0.6) is 0 Å². The summed E-state index contributed by atoms with van der Waals surface area (Å²) in [6.45, 7) is 1.41. The van der Waals surface area contributed by atoms with Crippen LogP contribution in [0, 0.1) is 0 Å². The van der Waals surface area contributed by atoms with Gasteiger partial charge in [0, 0.05) is 10.9 Å². The Morgan fingerprint density at radius 2 is 2.60 bits per heavy atom. The number of thiophene rings is 1. The fourth-order valence-electron chi connectivity index (χ4n) is 2.05. The minimum atomic E-state index is -0.140. The lowest BCUT2D eigenvalue weighted by atomic mass is 10.2. The summed E-state index contributed by atoms with van der Waals surface area (Å²) in [6, 6.07) is 4.63. The van der Waals surface area contributed by atoms with Gasteiger partial charge in [0.25, 0.3) is 0 Å². The molecule has 0 amide bonds. The minimum Gasteiger partial charge on any atom is -0.468 e. The fraction of sp³-hybridized carbons (Fsp3) is 0.545. The molecule has 15 heavy (non-hydrogen) atoms. The van der Waals surface area contributed by atoms with Crippen LogP contribution in [0.4, 0.5) is 0 Å². The Balaban J connectivity index is 2.02. The smallest absolute Gasteiger partial charge is 0.319 e. The zero-order valence-electron chi connectivity index (χ0n) is 8.81. The maximum atomic E-state index is 11.2. The van der Waals surface area contributed by atoms with Gasteiger partial charge in [0.05, 0.1) is 13.7 Å². The topological polar surface area (TPSA) is 29.5 Å². The van der Waals surface area contributed by atoms with Crippen LogP contribution in [0.15, 0.2) is 17.5 Å². The zero-order valence-corrected chi connectivity index (χ0v) is 9.63. The number of carbonyl (C=O) groups excluding carboxylic acids is 1. The SMILES string of the molecule is COC(=O)CN1CCC[C@@H]1c1cccs1. The quantitative estimate of drug-likeness (QED) is 0.737. The predicted molar refractivity (Wildman–Crippen MR) is 59.9 cm³/mol. The highest BCUT2D eigenvalue weighted by atomic mass is 32.1. The lowest BCUT2D eigenvalue weighted by Crippen LogP contribution is -2.29. The molecule has 1 aliphatic heterocycles. The van der Waals surface area contributed by atoms with Crippen molar-refractivity contribution >= 4 is 17.3 Å². The molecule has 1 fully saturated rings. The molecule has 0 bridgehead atoms. The van der Waals surface area contributed by atoms with E-state index in [-0.39, 0.29) is 5.97 Å². The molecular formula is C11H15NO2S. The fourth-order valence-corrected chi connectivity index (χ4v) is 2.94. The van der Waals surface area contributed by atoms with Crippen LogP contribution in [-0.2, 0) is 9.53 Å². The molecule has 0 aromatic carbocycles. The summed E-state index contributed by atoms with van der Waals surface area (Å²) in [5.41, 5.74) is 0. The highest BCUT2D eigenvalue weighted by Crippen LogP contribution is 2.33. The molecule has 0 radical (unpaired) electrons. The van der Waals surface area contributed by atoms with Gasteiger partial charge in [0.1, 0.15) is 0 Å². The second-order valence-electron chi connectivity index (χ2n) is 3.72. The second-order valence-corrected chi connectivity index (χ2v) is 4.70. The summed E-state index contributed by atoms with van der Waals surface area (Å²) in [7, 11) is 1.44. The third-order valence-electron chi connectivity index (χ3n) is 2.80. The molecule has 1 aliphatic rings. The Morgan fingerprint density at radius 3 is 3.27 bits per heavy atom. The van der Waals surface area contributed by atoms with Gasteiger partial charge >= 0.3 is 5.97 Å². The molecule has 0 spiro atoms. The molecule has 0 saturated carbocycles. The number of nitrogens with zero attached hydrogens (tertiary/aromatic N) is 1. The molecule has 1 aromatic rings. The summed E-state index contributed by atoms with van der Waals surface area (Å²) >= 11 is 1.76. The van der Waals surface area contributed by atoms with Gasteiger partial charge in [-0.2, -0.15) is 0 Å². The van der Waals surface area contributed by atoms with Crippen molar-refractivity contribution in [1.82, 2.24) is 4.90 Å². The number of hydrogen-bond acceptors (Lipinski definition) is 4. The van der Waals surface area contributed by atoms with E-state index in [1.54, 1.807) is 11.3 Å². The van der Waals surface area contributed by atoms with Crippen molar-refractivity contribution < 1.29 is 9.53 Å². The Kier molecular flexibility index (Phi) is 3.38. The predicted octanol–water partition coefficient (Wildman–Crippen LogP) is 2.06. The molecule has 0 unspecified atom stereocenters. The van der Waals surface area contributed by atoms with E-state index >= 15 is 0 Å². The van der Waals surface area contributed by atoms with Crippen LogP contribution >= 0.6 is 11.3 Å². The van der Waals surface area contributed by atoms with E-state index in [1.165, 1.54) is 18.4 Å². The van der Waals surface area contributed by atoms with Gasteiger partial charge in [-0.05, 0) is 30.8 Å². The van der Waals surface area contributed by atoms with Gasteiger partial charge in [0.2, 0.25) is 0 Å². The third-order valence-corrected chi connectivity index (χ3v) is 3.77. The first kappa shape index (κ1) is 10.6. The third kappa shape index (κ3) is 2.38. The lowest BCUT2D eigenvalue weighted by Gasteiger charge is -2.21. The molecule has 1 saturated heterocycles. The highest BCUT2D eigenvalue weighted by molar-refractivity contribution is 7.10. The molecule has 2 heterocycles. The van der Waals surface area contributed by atoms with E-state index in [0.717, 1.165) is 13.0 Å². The Bertz CT molecular complexity index is 323. The summed E-state index contributed by atoms with van der Waals surface area (Å²) in [5, 5.41) is 2.09. The molecular weight excluding hydrogens is 210 g/mol. The zero-order chi connectivity index (χ0) is 10.7. The van der Waals surface area contributed by atoms with Crippen molar-refractivity contribution in [3.05, 3.63) is 22.4 Å². The first-order valence-electron chi connectivity index (χ1n) is 5.15. The number of esters is 1. The Labute approximate surface area is 93.7 Å². The first-order chi connectivity index (χ1) is 7.31. The maximum Gasteiger partial charge on any atom is 0.319 e. The first-order valence-corrected chi connectivity index (χ1v) is 6.03. The van der Waals surface area contributed by atoms with E-state index in [9.17, 15) is 4.79 Å². The van der Waals surface area contributed by atoms with E-state index < -0.39 is 0 Å². The number of likely N-dealkylation sites (tertiary alicyclic amines) is 1. The maximum absolute atomic E-state index is 11.2. The number of carbonyl (C=O) groups is 1.